The lowest BCUT2D eigenvalue weighted by Crippen LogP contribution is -2.40. The molecule has 5 nitrogen and oxygen atoms in total. The van der Waals surface area contributed by atoms with Crippen LogP contribution >= 0.6 is 11.3 Å². The number of aryl methyl sites for hydroxylation is 2. The fraction of sp³-hybridized carbons (Fsp3) is 0.500. The van der Waals surface area contributed by atoms with Crippen molar-refractivity contribution in [2.24, 2.45) is 0 Å². The molecule has 0 aliphatic carbocycles. The van der Waals surface area contributed by atoms with Gasteiger partial charge in [0.2, 0.25) is 0 Å². The van der Waals surface area contributed by atoms with E-state index < -0.39 is 0 Å². The van der Waals surface area contributed by atoms with Crippen molar-refractivity contribution in [3.63, 3.8) is 0 Å². The Balaban J connectivity index is 1.77. The minimum atomic E-state index is 0.150. The number of carbonyl (C=O) groups is 1. The first-order valence-corrected chi connectivity index (χ1v) is 7.67. The number of thiophene rings is 1. The molecule has 0 spiro atoms. The summed E-state index contributed by atoms with van der Waals surface area (Å²) < 4.78 is 1.87. The van der Waals surface area contributed by atoms with E-state index in [0.717, 1.165) is 36.4 Å². The first-order chi connectivity index (χ1) is 9.65. The van der Waals surface area contributed by atoms with E-state index in [1.54, 1.807) is 24.0 Å². The number of carbonyl (C=O) groups excluding carboxylic acids is 1. The van der Waals surface area contributed by atoms with Gasteiger partial charge in [0, 0.05) is 22.8 Å². The van der Waals surface area contributed by atoms with Crippen LogP contribution in [-0.2, 0) is 0 Å². The van der Waals surface area contributed by atoms with Gasteiger partial charge in [0.05, 0.1) is 11.6 Å². The predicted octanol–water partition coefficient (Wildman–Crippen LogP) is 2.43. The SMILES string of the molecule is Cc1cc(C(=O)N2CCC[C@@H](n3cncn3)C2)c(C)s1. The van der Waals surface area contributed by atoms with Crippen LogP contribution in [0.3, 0.4) is 0 Å². The fourth-order valence-electron chi connectivity index (χ4n) is 2.77. The van der Waals surface area contributed by atoms with Gasteiger partial charge in [0.25, 0.3) is 5.91 Å². The highest BCUT2D eigenvalue weighted by molar-refractivity contribution is 7.12. The molecule has 3 rings (SSSR count). The molecule has 0 bridgehead atoms. The van der Waals surface area contributed by atoms with Gasteiger partial charge in [-0.3, -0.25) is 4.79 Å². The molecule has 106 valence electrons. The van der Waals surface area contributed by atoms with Gasteiger partial charge in [-0.1, -0.05) is 0 Å². The number of aromatic nitrogens is 3. The third kappa shape index (κ3) is 2.47. The molecule has 1 amide bonds. The maximum absolute atomic E-state index is 12.6. The van der Waals surface area contributed by atoms with E-state index in [9.17, 15) is 4.79 Å². The largest absolute Gasteiger partial charge is 0.336 e. The van der Waals surface area contributed by atoms with Crippen molar-refractivity contribution in [2.75, 3.05) is 13.1 Å². The Bertz CT molecular complexity index is 605. The lowest BCUT2D eigenvalue weighted by molar-refractivity contribution is 0.0672. The highest BCUT2D eigenvalue weighted by Gasteiger charge is 2.27. The summed E-state index contributed by atoms with van der Waals surface area (Å²) in [7, 11) is 0. The van der Waals surface area contributed by atoms with Crippen molar-refractivity contribution in [3.05, 3.63) is 34.0 Å². The lowest BCUT2D eigenvalue weighted by Gasteiger charge is -2.32. The Morgan fingerprint density at radius 1 is 1.45 bits per heavy atom. The lowest BCUT2D eigenvalue weighted by atomic mass is 10.0. The number of rotatable bonds is 2. The van der Waals surface area contributed by atoms with E-state index in [1.165, 1.54) is 4.88 Å². The normalized spacial score (nSPS) is 19.3. The average Bonchev–Trinajstić information content (AvgIpc) is 3.08. The fourth-order valence-corrected chi connectivity index (χ4v) is 3.69. The average molecular weight is 290 g/mol. The molecule has 1 saturated heterocycles. The van der Waals surface area contributed by atoms with Gasteiger partial charge in [-0.05, 0) is 32.8 Å². The van der Waals surface area contributed by atoms with Crippen LogP contribution < -0.4 is 0 Å². The summed E-state index contributed by atoms with van der Waals surface area (Å²) in [6.45, 7) is 5.61. The molecular formula is C14H18N4OS. The standard InChI is InChI=1S/C14H18N4OS/c1-10-6-13(11(2)20-10)14(19)17-5-3-4-12(7-17)18-9-15-8-16-18/h6,8-9,12H,3-5,7H2,1-2H3/t12-/m1/s1. The second-order valence-corrected chi connectivity index (χ2v) is 6.71. The van der Waals surface area contributed by atoms with Crippen LogP contribution in [0, 0.1) is 13.8 Å². The molecule has 6 heteroatoms. The highest BCUT2D eigenvalue weighted by Crippen LogP contribution is 2.26. The Hall–Kier alpha value is -1.69. The molecule has 1 fully saturated rings. The molecule has 0 N–H and O–H groups in total. The zero-order valence-corrected chi connectivity index (χ0v) is 12.6. The van der Waals surface area contributed by atoms with E-state index in [4.69, 9.17) is 0 Å². The van der Waals surface area contributed by atoms with Crippen LogP contribution in [0.15, 0.2) is 18.7 Å². The van der Waals surface area contributed by atoms with Crippen molar-refractivity contribution < 1.29 is 4.79 Å². The summed E-state index contributed by atoms with van der Waals surface area (Å²) in [4.78, 5) is 20.9. The molecule has 0 saturated carbocycles. The molecule has 1 atom stereocenters. The number of nitrogens with zero attached hydrogens (tertiary/aromatic N) is 4. The Morgan fingerprint density at radius 2 is 2.30 bits per heavy atom. The minimum absolute atomic E-state index is 0.150. The quantitative estimate of drug-likeness (QED) is 0.853. The summed E-state index contributed by atoms with van der Waals surface area (Å²) in [5.41, 5.74) is 0.853. The Labute approximate surface area is 122 Å². The number of amides is 1. The van der Waals surface area contributed by atoms with E-state index in [0.29, 0.717) is 0 Å². The molecule has 3 heterocycles. The zero-order chi connectivity index (χ0) is 14.1. The van der Waals surface area contributed by atoms with Crippen LogP contribution in [0.2, 0.25) is 0 Å². The van der Waals surface area contributed by atoms with E-state index in [2.05, 4.69) is 10.1 Å². The van der Waals surface area contributed by atoms with Crippen molar-refractivity contribution in [1.82, 2.24) is 19.7 Å². The monoisotopic (exact) mass is 290 g/mol. The van der Waals surface area contributed by atoms with Gasteiger partial charge in [-0.15, -0.1) is 11.3 Å². The van der Waals surface area contributed by atoms with Gasteiger partial charge in [-0.25, -0.2) is 9.67 Å². The molecule has 0 aromatic carbocycles. The number of likely N-dealkylation sites (tertiary alicyclic amines) is 1. The van der Waals surface area contributed by atoms with Crippen molar-refractivity contribution in [1.29, 1.82) is 0 Å². The maximum Gasteiger partial charge on any atom is 0.255 e. The second-order valence-electron chi connectivity index (χ2n) is 5.25. The summed E-state index contributed by atoms with van der Waals surface area (Å²) in [6.07, 6.45) is 5.35. The van der Waals surface area contributed by atoms with Crippen LogP contribution in [0.1, 0.15) is 39.0 Å². The van der Waals surface area contributed by atoms with Gasteiger partial charge < -0.3 is 4.90 Å². The van der Waals surface area contributed by atoms with Crippen LogP contribution in [-0.4, -0.2) is 38.7 Å². The van der Waals surface area contributed by atoms with Crippen LogP contribution in [0.4, 0.5) is 0 Å². The molecule has 1 aliphatic heterocycles. The van der Waals surface area contributed by atoms with Crippen LogP contribution in [0.5, 0.6) is 0 Å². The van der Waals surface area contributed by atoms with E-state index in [1.807, 2.05) is 29.5 Å². The van der Waals surface area contributed by atoms with Crippen molar-refractivity contribution >= 4 is 17.2 Å². The first-order valence-electron chi connectivity index (χ1n) is 6.85. The van der Waals surface area contributed by atoms with Crippen LogP contribution in [0.25, 0.3) is 0 Å². The Morgan fingerprint density at radius 3 is 2.95 bits per heavy atom. The Kier molecular flexibility index (Phi) is 3.56. The number of piperidine rings is 1. The number of hydrogen-bond acceptors (Lipinski definition) is 4. The third-order valence-electron chi connectivity index (χ3n) is 3.77. The smallest absolute Gasteiger partial charge is 0.255 e. The van der Waals surface area contributed by atoms with Gasteiger partial charge in [-0.2, -0.15) is 5.10 Å². The second kappa shape index (κ2) is 5.36. The molecule has 2 aromatic heterocycles. The van der Waals surface area contributed by atoms with Crippen molar-refractivity contribution in [3.8, 4) is 0 Å². The molecular weight excluding hydrogens is 272 g/mol. The minimum Gasteiger partial charge on any atom is -0.336 e. The molecule has 20 heavy (non-hydrogen) atoms. The maximum atomic E-state index is 12.6. The highest BCUT2D eigenvalue weighted by atomic mass is 32.1. The summed E-state index contributed by atoms with van der Waals surface area (Å²) in [5.74, 6) is 0.150. The van der Waals surface area contributed by atoms with Gasteiger partial charge >= 0.3 is 0 Å². The van der Waals surface area contributed by atoms with E-state index in [-0.39, 0.29) is 11.9 Å². The number of hydrogen-bond donors (Lipinski definition) is 0. The van der Waals surface area contributed by atoms with Gasteiger partial charge in [0.1, 0.15) is 12.7 Å². The summed E-state index contributed by atoms with van der Waals surface area (Å²) >= 11 is 1.69. The summed E-state index contributed by atoms with van der Waals surface area (Å²) in [6, 6.07) is 2.25. The zero-order valence-electron chi connectivity index (χ0n) is 11.7. The first kappa shape index (κ1) is 13.3. The molecule has 1 aliphatic rings. The molecule has 0 radical (unpaired) electrons. The predicted molar refractivity (Wildman–Crippen MR) is 78.0 cm³/mol. The summed E-state index contributed by atoms with van der Waals surface area (Å²) in [5, 5.41) is 4.20. The van der Waals surface area contributed by atoms with Crippen molar-refractivity contribution in [2.45, 2.75) is 32.7 Å². The molecule has 0 unspecified atom stereocenters. The third-order valence-corrected chi connectivity index (χ3v) is 4.73. The molecule has 2 aromatic rings. The topological polar surface area (TPSA) is 51.0 Å². The van der Waals surface area contributed by atoms with Gasteiger partial charge in [0.15, 0.2) is 0 Å². The van der Waals surface area contributed by atoms with E-state index >= 15 is 0 Å².